The van der Waals surface area contributed by atoms with Crippen LogP contribution < -0.4 is 21.0 Å². The first kappa shape index (κ1) is 30.0. The zero-order chi connectivity index (χ0) is 29.0. The number of anilines is 1. The average Bonchev–Trinajstić information content (AvgIpc) is 3.05. The molecule has 1 saturated heterocycles. The van der Waals surface area contributed by atoms with Crippen LogP contribution in [0.5, 0.6) is 5.75 Å². The molecule has 0 bridgehead atoms. The van der Waals surface area contributed by atoms with Gasteiger partial charge in [0.05, 0.1) is 6.10 Å². The third-order valence-corrected chi connectivity index (χ3v) is 7.21. The largest absolute Gasteiger partial charge is 0.462 e. The second-order valence-electron chi connectivity index (χ2n) is 9.13. The summed E-state index contributed by atoms with van der Waals surface area (Å²) in [4.78, 5) is 30.9. The number of carbonyl (C=O) groups excluding carboxylic acids is 1. The minimum Gasteiger partial charge on any atom is -0.462 e. The standard InChI is InChI=1S/C22H29FN7O8P/c1-13(2)36-17(31)14(3)27-39(34,38-15-8-6-5-7-9-15)35-12-22(23)18(32)21(4,28-29-25)19(37-22)30-11-10-16(24)26-20(30)33/h5-11,13-14,18-19,32H,12H2,1-4H3,(H,27,34)(H2,24,26,33)/t14-,18-,19?,21+,22+,39?/m0/s1. The van der Waals surface area contributed by atoms with Gasteiger partial charge in [0.1, 0.15) is 35.9 Å². The zero-order valence-corrected chi connectivity index (χ0v) is 22.4. The number of para-hydroxylation sites is 1. The van der Waals surface area contributed by atoms with Crippen molar-refractivity contribution in [1.29, 1.82) is 0 Å². The van der Waals surface area contributed by atoms with Crippen LogP contribution in [0, 0.1) is 0 Å². The summed E-state index contributed by atoms with van der Waals surface area (Å²) >= 11 is 0. The van der Waals surface area contributed by atoms with Crippen LogP contribution in [0.2, 0.25) is 0 Å². The number of hydrogen-bond donors (Lipinski definition) is 3. The molecule has 1 aromatic heterocycles. The van der Waals surface area contributed by atoms with Gasteiger partial charge in [-0.05, 0) is 51.4 Å². The molecule has 0 radical (unpaired) electrons. The first-order valence-electron chi connectivity index (χ1n) is 11.7. The Morgan fingerprint density at radius 2 is 2.05 bits per heavy atom. The highest BCUT2D eigenvalue weighted by atomic mass is 31.2. The van der Waals surface area contributed by atoms with E-state index in [1.54, 1.807) is 32.0 Å². The molecule has 6 atom stereocenters. The summed E-state index contributed by atoms with van der Waals surface area (Å²) in [5, 5.41) is 16.8. The Kier molecular flexibility index (Phi) is 9.01. The molecule has 17 heteroatoms. The number of carbonyl (C=O) groups is 1. The first-order valence-corrected chi connectivity index (χ1v) is 13.2. The van der Waals surface area contributed by atoms with E-state index in [0.29, 0.717) is 0 Å². The molecule has 2 unspecified atom stereocenters. The van der Waals surface area contributed by atoms with E-state index in [0.717, 1.165) is 17.7 Å². The number of nitrogens with one attached hydrogen (secondary N) is 1. The van der Waals surface area contributed by atoms with Crippen LogP contribution >= 0.6 is 7.75 Å². The van der Waals surface area contributed by atoms with Gasteiger partial charge >= 0.3 is 19.4 Å². The fourth-order valence-electron chi connectivity index (χ4n) is 3.70. The number of azide groups is 1. The van der Waals surface area contributed by atoms with Crippen molar-refractivity contribution in [1.82, 2.24) is 14.6 Å². The molecule has 1 fully saturated rings. The van der Waals surface area contributed by atoms with Crippen molar-refractivity contribution in [2.24, 2.45) is 5.11 Å². The minimum atomic E-state index is -4.56. The van der Waals surface area contributed by atoms with Gasteiger partial charge in [-0.3, -0.25) is 13.9 Å². The van der Waals surface area contributed by atoms with Gasteiger partial charge in [0.25, 0.3) is 5.85 Å². The third-order valence-electron chi connectivity index (χ3n) is 5.59. The highest BCUT2D eigenvalue weighted by molar-refractivity contribution is 7.52. The molecule has 3 rings (SSSR count). The van der Waals surface area contributed by atoms with Crippen LogP contribution in [0.4, 0.5) is 10.2 Å². The van der Waals surface area contributed by atoms with Crippen molar-refractivity contribution in [2.45, 2.75) is 63.6 Å². The summed E-state index contributed by atoms with van der Waals surface area (Å²) < 4.78 is 51.9. The molecule has 1 aliphatic heterocycles. The van der Waals surface area contributed by atoms with Crippen molar-refractivity contribution in [3.8, 4) is 5.75 Å². The molecule has 2 heterocycles. The summed E-state index contributed by atoms with van der Waals surface area (Å²) in [6, 6.07) is 7.68. The monoisotopic (exact) mass is 569 g/mol. The van der Waals surface area contributed by atoms with Crippen molar-refractivity contribution in [3.05, 3.63) is 63.5 Å². The second-order valence-corrected chi connectivity index (χ2v) is 10.8. The van der Waals surface area contributed by atoms with Crippen LogP contribution in [0.1, 0.15) is 33.9 Å². The zero-order valence-electron chi connectivity index (χ0n) is 21.5. The number of nitrogens with zero attached hydrogens (tertiary/aromatic N) is 5. The highest BCUT2D eigenvalue weighted by Crippen LogP contribution is 2.51. The number of ether oxygens (including phenoxy) is 2. The van der Waals surface area contributed by atoms with Gasteiger partial charge in [-0.15, -0.1) is 0 Å². The summed E-state index contributed by atoms with van der Waals surface area (Å²) in [5.74, 6) is -4.06. The summed E-state index contributed by atoms with van der Waals surface area (Å²) in [5.41, 5.74) is 11.5. The maximum atomic E-state index is 16.2. The van der Waals surface area contributed by atoms with Crippen LogP contribution in [-0.4, -0.2) is 56.9 Å². The smallest absolute Gasteiger partial charge is 0.459 e. The van der Waals surface area contributed by atoms with Crippen molar-refractivity contribution in [3.63, 3.8) is 0 Å². The van der Waals surface area contributed by atoms with Gasteiger partial charge in [-0.25, -0.2) is 13.8 Å². The second kappa shape index (κ2) is 11.7. The molecule has 1 aliphatic rings. The molecular weight excluding hydrogens is 540 g/mol. The molecule has 0 aliphatic carbocycles. The maximum absolute atomic E-state index is 16.2. The topological polar surface area (TPSA) is 213 Å². The molecule has 212 valence electrons. The lowest BCUT2D eigenvalue weighted by Gasteiger charge is -2.29. The Hall–Kier alpha value is -3.52. The molecule has 15 nitrogen and oxygen atoms in total. The van der Waals surface area contributed by atoms with Gasteiger partial charge in [0, 0.05) is 11.1 Å². The van der Waals surface area contributed by atoms with E-state index in [1.807, 2.05) is 0 Å². The highest BCUT2D eigenvalue weighted by Gasteiger charge is 2.64. The number of benzene rings is 1. The quantitative estimate of drug-likeness (QED) is 0.118. The number of rotatable bonds is 11. The fraction of sp³-hybridized carbons (Fsp3) is 0.500. The molecule has 1 aromatic carbocycles. The van der Waals surface area contributed by atoms with Gasteiger partial charge in [-0.1, -0.05) is 23.3 Å². The van der Waals surface area contributed by atoms with E-state index >= 15 is 4.39 Å². The number of halogens is 1. The van der Waals surface area contributed by atoms with Crippen LogP contribution in [0.15, 0.2) is 52.5 Å². The fourth-order valence-corrected chi connectivity index (χ4v) is 5.21. The lowest BCUT2D eigenvalue weighted by Crippen LogP contribution is -2.49. The SMILES string of the molecule is CC(C)OC(=O)[C@H](C)NP(=O)(OC[C@@]1(F)OC(n2ccc(N)nc2=O)[C@](C)(N=[N+]=[N-])[C@@H]1O)Oc1ccccc1. The van der Waals surface area contributed by atoms with Crippen molar-refractivity contribution < 1.29 is 37.4 Å². The predicted molar refractivity (Wildman–Crippen MR) is 135 cm³/mol. The molecule has 0 amide bonds. The number of hydrogen-bond acceptors (Lipinski definition) is 11. The Balaban J connectivity index is 1.92. The van der Waals surface area contributed by atoms with Crippen LogP contribution in [-0.2, 0) is 23.4 Å². The Labute approximate surface area is 222 Å². The minimum absolute atomic E-state index is 0.0508. The molecular formula is C22H29FN7O8P. The van der Waals surface area contributed by atoms with Crippen LogP contribution in [0.25, 0.3) is 10.4 Å². The Morgan fingerprint density at radius 1 is 1.38 bits per heavy atom. The number of aromatic nitrogens is 2. The Morgan fingerprint density at radius 3 is 2.64 bits per heavy atom. The summed E-state index contributed by atoms with van der Waals surface area (Å²) in [7, 11) is -4.56. The van der Waals surface area contributed by atoms with E-state index in [-0.39, 0.29) is 11.6 Å². The number of aliphatic hydroxyl groups excluding tert-OH is 1. The van der Waals surface area contributed by atoms with E-state index in [9.17, 15) is 19.3 Å². The van der Waals surface area contributed by atoms with Gasteiger partial charge in [0.2, 0.25) is 0 Å². The van der Waals surface area contributed by atoms with Gasteiger partial charge in [-0.2, -0.15) is 10.1 Å². The lowest BCUT2D eigenvalue weighted by atomic mass is 9.92. The van der Waals surface area contributed by atoms with E-state index < -0.39 is 61.9 Å². The van der Waals surface area contributed by atoms with Gasteiger partial charge in [0.15, 0.2) is 6.23 Å². The summed E-state index contributed by atoms with van der Waals surface area (Å²) in [6.07, 6.45) is -3.30. The number of nitrogens with two attached hydrogens (primary N) is 1. The molecule has 39 heavy (non-hydrogen) atoms. The number of alkyl halides is 1. The number of aliphatic hydroxyl groups is 1. The number of nitrogen functional groups attached to an aromatic ring is 1. The summed E-state index contributed by atoms with van der Waals surface area (Å²) in [6.45, 7) is 4.46. The molecule has 0 saturated carbocycles. The normalized spacial score (nSPS) is 26.8. The Bertz CT molecular complexity index is 1340. The van der Waals surface area contributed by atoms with E-state index in [1.165, 1.54) is 25.1 Å². The lowest BCUT2D eigenvalue weighted by molar-refractivity contribution is -0.203. The van der Waals surface area contributed by atoms with E-state index in [2.05, 4.69) is 20.1 Å². The van der Waals surface area contributed by atoms with Crippen LogP contribution in [0.3, 0.4) is 0 Å². The molecule has 2 aromatic rings. The third kappa shape index (κ3) is 6.74. The number of esters is 1. The predicted octanol–water partition coefficient (Wildman–Crippen LogP) is 2.58. The van der Waals surface area contributed by atoms with Crippen molar-refractivity contribution >= 4 is 19.5 Å². The molecule has 0 spiro atoms. The van der Waals surface area contributed by atoms with Crippen molar-refractivity contribution in [2.75, 3.05) is 12.3 Å². The van der Waals surface area contributed by atoms with E-state index in [4.69, 9.17) is 29.8 Å². The van der Waals surface area contributed by atoms with Gasteiger partial charge < -0.3 is 24.8 Å². The first-order chi connectivity index (χ1) is 18.2. The maximum Gasteiger partial charge on any atom is 0.459 e. The average molecular weight is 569 g/mol. The molecule has 4 N–H and O–H groups in total.